The number of hydrogen-bond donors (Lipinski definition) is 5. The Morgan fingerprint density at radius 2 is 0.845 bits per heavy atom. The van der Waals surface area contributed by atoms with E-state index in [0.29, 0.717) is 17.8 Å². The van der Waals surface area contributed by atoms with Gasteiger partial charge in [0.2, 0.25) is 35.0 Å². The van der Waals surface area contributed by atoms with Gasteiger partial charge >= 0.3 is 29.6 Å². The monoisotopic (exact) mass is 828 g/mol. The third-order valence-electron chi connectivity index (χ3n) is 9.20. The molecule has 4 rings (SSSR count). The van der Waals surface area contributed by atoms with Gasteiger partial charge in [0.1, 0.15) is 0 Å². The third-order valence-corrected chi connectivity index (χ3v) is 9.37. The number of halogens is 1. The van der Waals surface area contributed by atoms with Crippen LogP contribution in [0.4, 0.5) is 41.1 Å². The Hall–Kier alpha value is -3.29. The number of nitrogen functional groups attached to an aromatic ring is 2. The molecule has 2 heterocycles. The molecular formula is C44H71ClN11NaO. The maximum Gasteiger partial charge on any atom is 1.00 e. The van der Waals surface area contributed by atoms with Crippen LogP contribution in [0.3, 0.4) is 0 Å². The molecule has 0 aliphatic rings. The molecule has 2 aromatic carbocycles. The Morgan fingerprint density at radius 1 is 0.483 bits per heavy atom. The van der Waals surface area contributed by atoms with Crippen LogP contribution in [0.2, 0.25) is 5.28 Å². The number of aromatic nitrogens is 6. The molecule has 0 amide bonds. The molecule has 14 heteroatoms. The van der Waals surface area contributed by atoms with Crippen LogP contribution in [0.5, 0.6) is 0 Å². The second kappa shape index (κ2) is 34.6. The number of nitrogens with zero attached hydrogens (tertiary/aromatic N) is 6. The minimum absolute atomic E-state index is 0. The first kappa shape index (κ1) is 52.7. The van der Waals surface area contributed by atoms with Gasteiger partial charge in [0, 0.05) is 17.9 Å². The fourth-order valence-electron chi connectivity index (χ4n) is 5.88. The van der Waals surface area contributed by atoms with Crippen molar-refractivity contribution in [3.05, 3.63) is 64.9 Å². The SMILES string of the molecule is CCCCCCCCCCCCNc1nc(N)nc(Nc2ccc(C)cc2)n1.CCCCCCCCCCCC[O-].Cc1ccc(Nc2nc(N)nc(Cl)n2)cc1.[Na+]. The van der Waals surface area contributed by atoms with Crippen LogP contribution in [0, 0.1) is 13.8 Å². The smallest absolute Gasteiger partial charge is 0.854 e. The summed E-state index contributed by atoms with van der Waals surface area (Å²) in [6.07, 6.45) is 26.2. The van der Waals surface area contributed by atoms with Gasteiger partial charge in [-0.05, 0) is 56.1 Å². The van der Waals surface area contributed by atoms with Crippen LogP contribution in [-0.4, -0.2) is 43.1 Å². The molecule has 0 aliphatic heterocycles. The maximum atomic E-state index is 10.1. The Balaban J connectivity index is 0.000000475. The van der Waals surface area contributed by atoms with E-state index < -0.39 is 0 Å². The Morgan fingerprint density at radius 3 is 1.26 bits per heavy atom. The molecule has 2 aromatic heterocycles. The minimum atomic E-state index is 0. The molecular weight excluding hydrogens is 757 g/mol. The number of unbranched alkanes of at least 4 members (excludes halogenated alkanes) is 18. The molecule has 0 aliphatic carbocycles. The van der Waals surface area contributed by atoms with Gasteiger partial charge in [-0.1, -0.05) is 171 Å². The van der Waals surface area contributed by atoms with E-state index in [1.807, 2.05) is 55.5 Å². The first-order valence-corrected chi connectivity index (χ1v) is 21.8. The van der Waals surface area contributed by atoms with Gasteiger partial charge < -0.3 is 32.5 Å². The van der Waals surface area contributed by atoms with Crippen molar-refractivity contribution in [2.24, 2.45) is 0 Å². The summed E-state index contributed by atoms with van der Waals surface area (Å²) in [5.74, 6) is 1.63. The summed E-state index contributed by atoms with van der Waals surface area (Å²) in [7, 11) is 0. The molecule has 12 nitrogen and oxygen atoms in total. The van der Waals surface area contributed by atoms with E-state index in [2.05, 4.69) is 66.6 Å². The maximum absolute atomic E-state index is 10.1. The van der Waals surface area contributed by atoms with Gasteiger partial charge in [-0.2, -0.15) is 29.9 Å². The summed E-state index contributed by atoms with van der Waals surface area (Å²) in [6.45, 7) is 9.56. The van der Waals surface area contributed by atoms with Crippen molar-refractivity contribution in [2.45, 2.75) is 156 Å². The number of anilines is 7. The third kappa shape index (κ3) is 27.4. The number of hydrogen-bond acceptors (Lipinski definition) is 12. The van der Waals surface area contributed by atoms with E-state index in [0.717, 1.165) is 37.2 Å². The second-order valence-electron chi connectivity index (χ2n) is 14.6. The molecule has 0 spiro atoms. The van der Waals surface area contributed by atoms with Gasteiger partial charge in [-0.3, -0.25) is 0 Å². The van der Waals surface area contributed by atoms with Crippen molar-refractivity contribution in [1.82, 2.24) is 29.9 Å². The zero-order chi connectivity index (χ0) is 41.4. The number of aryl methyl sites for hydroxylation is 2. The molecule has 0 saturated carbocycles. The van der Waals surface area contributed by atoms with Crippen LogP contribution in [0.25, 0.3) is 0 Å². The van der Waals surface area contributed by atoms with Crippen LogP contribution < -0.4 is 62.1 Å². The second-order valence-corrected chi connectivity index (χ2v) is 14.9. The fraction of sp³-hybridized carbons (Fsp3) is 0.591. The molecule has 0 saturated heterocycles. The molecule has 0 fully saturated rings. The van der Waals surface area contributed by atoms with Crippen molar-refractivity contribution >= 4 is 52.7 Å². The summed E-state index contributed by atoms with van der Waals surface area (Å²) >= 11 is 5.66. The van der Waals surface area contributed by atoms with Crippen molar-refractivity contribution in [1.29, 1.82) is 0 Å². The Kier molecular flexibility index (Phi) is 31.4. The largest absolute Gasteiger partial charge is 1.00 e. The Labute approximate surface area is 376 Å². The van der Waals surface area contributed by atoms with E-state index >= 15 is 0 Å². The Bertz CT molecular complexity index is 1550. The van der Waals surface area contributed by atoms with Crippen molar-refractivity contribution < 1.29 is 34.7 Å². The van der Waals surface area contributed by atoms with E-state index in [9.17, 15) is 5.11 Å². The average molecular weight is 829 g/mol. The van der Waals surface area contributed by atoms with E-state index in [1.165, 1.54) is 120 Å². The quantitative estimate of drug-likeness (QED) is 0.0302. The first-order chi connectivity index (χ1) is 27.7. The van der Waals surface area contributed by atoms with Gasteiger partial charge in [-0.15, -0.1) is 6.61 Å². The van der Waals surface area contributed by atoms with E-state index in [1.54, 1.807) is 0 Å². The number of nitrogens with two attached hydrogens (primary N) is 2. The zero-order valence-corrected chi connectivity index (χ0v) is 39.1. The van der Waals surface area contributed by atoms with Gasteiger partial charge in [-0.25, -0.2) is 0 Å². The summed E-state index contributed by atoms with van der Waals surface area (Å²) in [4.78, 5) is 24.2. The van der Waals surface area contributed by atoms with Gasteiger partial charge in [0.05, 0.1) is 0 Å². The molecule has 0 atom stereocenters. The minimum Gasteiger partial charge on any atom is -0.854 e. The predicted molar refractivity (Wildman–Crippen MR) is 239 cm³/mol. The van der Waals surface area contributed by atoms with Crippen molar-refractivity contribution in [2.75, 3.05) is 40.6 Å². The first-order valence-electron chi connectivity index (χ1n) is 21.4. The van der Waals surface area contributed by atoms with Crippen LogP contribution >= 0.6 is 11.6 Å². The number of nitrogens with one attached hydrogen (secondary N) is 3. The molecule has 316 valence electrons. The van der Waals surface area contributed by atoms with Crippen molar-refractivity contribution in [3.8, 4) is 0 Å². The summed E-state index contributed by atoms with van der Waals surface area (Å²) < 4.78 is 0. The fourth-order valence-corrected chi connectivity index (χ4v) is 6.05. The molecule has 0 radical (unpaired) electrons. The number of rotatable bonds is 26. The average Bonchev–Trinajstić information content (AvgIpc) is 3.18. The molecule has 0 unspecified atom stereocenters. The molecule has 4 aromatic rings. The van der Waals surface area contributed by atoms with Gasteiger partial charge in [0.25, 0.3) is 0 Å². The zero-order valence-electron chi connectivity index (χ0n) is 36.3. The summed E-state index contributed by atoms with van der Waals surface area (Å²) in [5.41, 5.74) is 15.5. The molecule has 7 N–H and O–H groups in total. The van der Waals surface area contributed by atoms with Crippen molar-refractivity contribution in [3.63, 3.8) is 0 Å². The topological polar surface area (TPSA) is 189 Å². The summed E-state index contributed by atoms with van der Waals surface area (Å²) in [6, 6.07) is 15.9. The predicted octanol–water partition coefficient (Wildman–Crippen LogP) is 8.27. The van der Waals surface area contributed by atoms with Gasteiger partial charge in [0.15, 0.2) is 0 Å². The standard InChI is InChI=1S/C22H36N6.C12H25O.C10H10ClN5.Na/c1-3-4-5-6-7-8-9-10-11-12-17-24-21-26-20(23)27-22(28-21)25-19-15-13-18(2)14-16-19;1-2-3-4-5-6-7-8-9-10-11-12-13;1-6-2-4-7(5-3-6)13-10-15-8(11)14-9(12)16-10;/h13-16H,3-12,17H2,1-2H3,(H4,23,24,25,26,27,28);2-12H2,1H3;2-5H,1H3,(H3,12,13,14,15,16);/q;-1;;+1. The van der Waals surface area contributed by atoms with E-state index in [4.69, 9.17) is 23.1 Å². The summed E-state index contributed by atoms with van der Waals surface area (Å²) in [5, 5.41) is 19.6. The van der Waals surface area contributed by atoms with Crippen LogP contribution in [0.15, 0.2) is 48.5 Å². The van der Waals surface area contributed by atoms with Crippen LogP contribution in [0.1, 0.15) is 153 Å². The number of benzene rings is 2. The van der Waals surface area contributed by atoms with Crippen LogP contribution in [-0.2, 0) is 0 Å². The molecule has 58 heavy (non-hydrogen) atoms. The van der Waals surface area contributed by atoms with E-state index in [-0.39, 0.29) is 53.3 Å². The normalized spacial score (nSPS) is 10.4. The molecule has 0 bridgehead atoms.